The van der Waals surface area contributed by atoms with Crippen LogP contribution in [-0.2, 0) is 4.52 Å². The van der Waals surface area contributed by atoms with Gasteiger partial charge in [-0.05, 0) is 42.2 Å². The fourth-order valence-electron chi connectivity index (χ4n) is 0.825. The van der Waals surface area contributed by atoms with Gasteiger partial charge in [0.25, 0.3) is 0 Å². The molecular formula is C14H35N4O3PS2. The predicted molar refractivity (Wildman–Crippen MR) is 111 cm³/mol. The third kappa shape index (κ3) is 43.0. The topological polar surface area (TPSA) is 126 Å². The quantitative estimate of drug-likeness (QED) is 0.279. The first kappa shape index (κ1) is 28.5. The van der Waals surface area contributed by atoms with Crippen molar-refractivity contribution in [2.45, 2.75) is 41.5 Å². The Kier molecular flexibility index (Phi) is 22.6. The summed E-state index contributed by atoms with van der Waals surface area (Å²) in [6, 6.07) is 0. The van der Waals surface area contributed by atoms with E-state index in [0.29, 0.717) is 34.6 Å². The van der Waals surface area contributed by atoms with Crippen LogP contribution in [0.5, 0.6) is 0 Å². The van der Waals surface area contributed by atoms with Crippen molar-refractivity contribution in [3.63, 3.8) is 0 Å². The van der Waals surface area contributed by atoms with Crippen molar-refractivity contribution < 1.29 is 14.3 Å². The molecule has 0 aromatic carbocycles. The van der Waals surface area contributed by atoms with Gasteiger partial charge in [-0.3, -0.25) is 0 Å². The summed E-state index contributed by atoms with van der Waals surface area (Å²) >= 11 is 9.16. The van der Waals surface area contributed by atoms with Crippen molar-refractivity contribution in [3.05, 3.63) is 0 Å². The molecule has 0 spiro atoms. The van der Waals surface area contributed by atoms with E-state index in [1.807, 2.05) is 13.8 Å². The minimum absolute atomic E-state index is 0.360. The van der Waals surface area contributed by atoms with E-state index in [9.17, 15) is 0 Å². The van der Waals surface area contributed by atoms with Crippen LogP contribution < -0.4 is 22.1 Å². The predicted octanol–water partition coefficient (Wildman–Crippen LogP) is 1.82. The Hall–Kier alpha value is -0.310. The summed E-state index contributed by atoms with van der Waals surface area (Å²) in [6.07, 6.45) is 0. The van der Waals surface area contributed by atoms with Gasteiger partial charge in [0.2, 0.25) is 0 Å². The molecule has 0 unspecified atom stereocenters. The summed E-state index contributed by atoms with van der Waals surface area (Å²) in [6.45, 7) is 14.5. The van der Waals surface area contributed by atoms with E-state index < -0.39 is 8.60 Å². The first-order chi connectivity index (χ1) is 10.9. The molecule has 0 aromatic heterocycles. The molecule has 0 fully saturated rings. The third-order valence-electron chi connectivity index (χ3n) is 1.89. The van der Waals surface area contributed by atoms with Crippen LogP contribution in [0.1, 0.15) is 41.5 Å². The van der Waals surface area contributed by atoms with Gasteiger partial charge < -0.3 is 36.4 Å². The summed E-state index contributed by atoms with van der Waals surface area (Å²) in [5.41, 5.74) is 10.3. The number of hydrogen-bond acceptors (Lipinski definition) is 5. The lowest BCUT2D eigenvalue weighted by molar-refractivity contribution is 0.226. The maximum Gasteiger partial charge on any atom is 0.327 e. The highest BCUT2D eigenvalue weighted by Crippen LogP contribution is 2.24. The number of nitrogens with one attached hydrogen (secondary N) is 2. The first-order valence-corrected chi connectivity index (χ1v) is 9.73. The second-order valence-electron chi connectivity index (χ2n) is 6.22. The van der Waals surface area contributed by atoms with Crippen molar-refractivity contribution in [1.29, 1.82) is 0 Å². The maximum absolute atomic E-state index is 8.20. The van der Waals surface area contributed by atoms with Gasteiger partial charge in [-0.2, -0.15) is 0 Å². The zero-order valence-corrected chi connectivity index (χ0v) is 18.1. The third-order valence-corrected chi connectivity index (χ3v) is 2.56. The molecule has 0 amide bonds. The van der Waals surface area contributed by atoms with E-state index >= 15 is 0 Å². The Morgan fingerprint density at radius 3 is 1.29 bits per heavy atom. The van der Waals surface area contributed by atoms with Crippen LogP contribution in [0.15, 0.2) is 0 Å². The molecule has 0 saturated carbocycles. The molecule has 8 N–H and O–H groups in total. The monoisotopic (exact) mass is 402 g/mol. The first-order valence-electron chi connectivity index (χ1n) is 7.75. The zero-order valence-electron chi connectivity index (χ0n) is 15.6. The minimum atomic E-state index is -2.13. The summed E-state index contributed by atoms with van der Waals surface area (Å²) < 4.78 is 4.48. The normalized spacial score (nSPS) is 10.0. The molecule has 10 heteroatoms. The highest BCUT2D eigenvalue weighted by atomic mass is 32.1. The van der Waals surface area contributed by atoms with Crippen LogP contribution in [0.4, 0.5) is 0 Å². The van der Waals surface area contributed by atoms with E-state index in [4.69, 9.17) is 21.3 Å². The van der Waals surface area contributed by atoms with Crippen LogP contribution in [0.2, 0.25) is 0 Å². The van der Waals surface area contributed by atoms with Crippen LogP contribution in [0.25, 0.3) is 0 Å². The SMILES string of the molecule is CC(C)CNC(N)=S.CC(C)CNC(N)=S.CC(C)COP(O)O. The van der Waals surface area contributed by atoms with Crippen molar-refractivity contribution in [3.8, 4) is 0 Å². The van der Waals surface area contributed by atoms with Crippen molar-refractivity contribution in [1.82, 2.24) is 10.6 Å². The molecule has 0 bridgehead atoms. The zero-order chi connectivity index (χ0) is 19.7. The van der Waals surface area contributed by atoms with Crippen LogP contribution in [0.3, 0.4) is 0 Å². The number of nitrogens with two attached hydrogens (primary N) is 2. The van der Waals surface area contributed by atoms with Gasteiger partial charge >= 0.3 is 8.60 Å². The summed E-state index contributed by atoms with van der Waals surface area (Å²) in [4.78, 5) is 16.4. The number of rotatable bonds is 7. The molecule has 146 valence electrons. The fourth-order valence-corrected chi connectivity index (χ4v) is 1.42. The molecule has 24 heavy (non-hydrogen) atoms. The molecule has 0 atom stereocenters. The molecule has 0 aromatic rings. The number of hydrogen-bond donors (Lipinski definition) is 6. The van der Waals surface area contributed by atoms with E-state index in [-0.39, 0.29) is 0 Å². The van der Waals surface area contributed by atoms with Gasteiger partial charge in [-0.25, -0.2) is 0 Å². The minimum Gasteiger partial charge on any atom is -0.376 e. The lowest BCUT2D eigenvalue weighted by atomic mass is 10.2. The summed E-state index contributed by atoms with van der Waals surface area (Å²) in [5, 5.41) is 6.48. The second kappa shape index (κ2) is 19.0. The van der Waals surface area contributed by atoms with Crippen molar-refractivity contribution in [2.24, 2.45) is 29.2 Å². The maximum atomic E-state index is 8.20. The number of thiocarbonyl (C=S) groups is 2. The largest absolute Gasteiger partial charge is 0.376 e. The Morgan fingerprint density at radius 2 is 1.21 bits per heavy atom. The average molecular weight is 403 g/mol. The lowest BCUT2D eigenvalue weighted by Gasteiger charge is -2.04. The summed E-state index contributed by atoms with van der Waals surface area (Å²) in [5.74, 6) is 1.58. The highest BCUT2D eigenvalue weighted by Gasteiger charge is 1.99. The smallest absolute Gasteiger partial charge is 0.327 e. The lowest BCUT2D eigenvalue weighted by Crippen LogP contribution is -2.31. The molecular weight excluding hydrogens is 367 g/mol. The van der Waals surface area contributed by atoms with Gasteiger partial charge in [-0.1, -0.05) is 41.5 Å². The standard InChI is InChI=1S/2C5H12N2S.C4H11O3P/c2*1-4(2)3-7-5(6)8;1-4(2)3-7-8(5)6/h2*4H,3H2,1-2H3,(H3,6,7,8);4-6H,3H2,1-2H3. The fraction of sp³-hybridized carbons (Fsp3) is 0.857. The van der Waals surface area contributed by atoms with Crippen LogP contribution in [-0.4, -0.2) is 39.7 Å². The molecule has 0 rings (SSSR count). The van der Waals surface area contributed by atoms with Crippen molar-refractivity contribution >= 4 is 43.3 Å². The van der Waals surface area contributed by atoms with Gasteiger partial charge in [0.15, 0.2) is 10.2 Å². The van der Waals surface area contributed by atoms with Crippen molar-refractivity contribution in [2.75, 3.05) is 19.7 Å². The molecule has 0 aliphatic heterocycles. The van der Waals surface area contributed by atoms with E-state index in [1.54, 1.807) is 0 Å². The van der Waals surface area contributed by atoms with Gasteiger partial charge in [0, 0.05) is 13.1 Å². The van der Waals surface area contributed by atoms with E-state index in [0.717, 1.165) is 13.1 Å². The highest BCUT2D eigenvalue weighted by molar-refractivity contribution is 7.80. The van der Waals surface area contributed by atoms with Gasteiger partial charge in [0.05, 0.1) is 6.61 Å². The Morgan fingerprint density at radius 1 is 0.875 bits per heavy atom. The van der Waals surface area contributed by atoms with Crippen LogP contribution in [0, 0.1) is 17.8 Å². The Labute approximate surface area is 158 Å². The van der Waals surface area contributed by atoms with E-state index in [2.05, 4.69) is 67.3 Å². The van der Waals surface area contributed by atoms with E-state index in [1.165, 1.54) is 0 Å². The van der Waals surface area contributed by atoms with Gasteiger partial charge in [0.1, 0.15) is 0 Å². The molecule has 0 saturated heterocycles. The molecule has 0 radical (unpaired) electrons. The second-order valence-corrected chi connectivity index (χ2v) is 7.86. The van der Waals surface area contributed by atoms with Crippen LogP contribution >= 0.6 is 33.0 Å². The molecule has 0 heterocycles. The average Bonchev–Trinajstić information content (AvgIpc) is 2.42. The van der Waals surface area contributed by atoms with Gasteiger partial charge in [-0.15, -0.1) is 0 Å². The molecule has 0 aliphatic rings. The Bertz CT molecular complexity index is 290. The Balaban J connectivity index is -0.000000276. The molecule has 0 aliphatic carbocycles. The molecule has 7 nitrogen and oxygen atoms in total. The summed E-state index contributed by atoms with van der Waals surface area (Å²) in [7, 11) is -2.13.